The number of aliphatic hydroxyl groups is 2. The first-order valence-corrected chi connectivity index (χ1v) is 11.9. The van der Waals surface area contributed by atoms with E-state index in [4.69, 9.17) is 9.47 Å². The van der Waals surface area contributed by atoms with Crippen molar-refractivity contribution < 1.29 is 41.6 Å². The number of ether oxygens (including phenoxy) is 2. The van der Waals surface area contributed by atoms with Gasteiger partial charge in [-0.2, -0.15) is 0 Å². The predicted octanol–water partition coefficient (Wildman–Crippen LogP) is 2.02. The number of aliphatic hydroxyl groups excluding tert-OH is 2. The highest BCUT2D eigenvalue weighted by atomic mass is 19.3. The highest BCUT2D eigenvalue weighted by molar-refractivity contribution is 5.58. The molecule has 3 heterocycles. The summed E-state index contributed by atoms with van der Waals surface area (Å²) in [6, 6.07) is 0.744. The van der Waals surface area contributed by atoms with Crippen LogP contribution in [0, 0.1) is 17.5 Å². The summed E-state index contributed by atoms with van der Waals surface area (Å²) in [5.41, 5.74) is -1.54. The molecule has 2 aromatic heterocycles. The van der Waals surface area contributed by atoms with Crippen LogP contribution in [0.1, 0.15) is 31.0 Å². The Labute approximate surface area is 213 Å². The van der Waals surface area contributed by atoms with Crippen LogP contribution in [0.25, 0.3) is 11.3 Å². The summed E-state index contributed by atoms with van der Waals surface area (Å²) in [6.45, 7) is -0.578. The first-order chi connectivity index (χ1) is 18.2. The van der Waals surface area contributed by atoms with Gasteiger partial charge in [0, 0.05) is 25.3 Å². The van der Waals surface area contributed by atoms with Crippen LogP contribution >= 0.6 is 0 Å². The molecule has 2 aliphatic rings. The third-order valence-electron chi connectivity index (χ3n) is 7.40. The summed E-state index contributed by atoms with van der Waals surface area (Å²) < 4.78 is 82.7. The number of alkyl halides is 2. The fourth-order valence-electron chi connectivity index (χ4n) is 5.10. The van der Waals surface area contributed by atoms with E-state index in [1.54, 1.807) is 0 Å². The lowest BCUT2D eigenvalue weighted by Gasteiger charge is -2.43. The van der Waals surface area contributed by atoms with Gasteiger partial charge < -0.3 is 19.7 Å². The number of hydrogen-bond donors (Lipinski definition) is 2. The van der Waals surface area contributed by atoms with Gasteiger partial charge in [0.15, 0.2) is 17.5 Å². The molecule has 0 amide bonds. The van der Waals surface area contributed by atoms with Gasteiger partial charge in [0.25, 0.3) is 6.43 Å². The maximum atomic E-state index is 14.3. The second-order valence-electron chi connectivity index (χ2n) is 9.50. The average Bonchev–Trinajstić information content (AvgIpc) is 3.52. The fourth-order valence-corrected chi connectivity index (χ4v) is 5.10. The number of nitrogens with zero attached hydrogens (tertiary/aromatic N) is 6. The topological polar surface area (TPSA) is 120 Å². The minimum absolute atomic E-state index is 0.0386. The second-order valence-corrected chi connectivity index (χ2v) is 9.50. The monoisotopic (exact) mass is 544 g/mol. The van der Waals surface area contributed by atoms with E-state index in [9.17, 15) is 32.2 Å². The van der Waals surface area contributed by atoms with E-state index in [0.717, 1.165) is 12.1 Å². The average molecular weight is 544 g/mol. The van der Waals surface area contributed by atoms with Gasteiger partial charge in [-0.3, -0.25) is 0 Å². The molecule has 0 spiro atoms. The number of methoxy groups -OCH3 is 1. The lowest BCUT2D eigenvalue weighted by molar-refractivity contribution is -0.212. The number of aromatic nitrogens is 6. The molecule has 1 aliphatic carbocycles. The Morgan fingerprint density at radius 3 is 2.50 bits per heavy atom. The summed E-state index contributed by atoms with van der Waals surface area (Å²) in [5, 5.41) is 36.5. The van der Waals surface area contributed by atoms with E-state index in [0.29, 0.717) is 12.1 Å². The first kappa shape index (κ1) is 26.6. The standard InChI is InChI=1S/C23H25F5N6O4/c1-37-21-15(7-11-8-34(32-29-11)23(22(27)28)5-2-6-23)38-16(10-35)20(36)19(21)33-9-14(30-31-33)12-3-4-13(24)18(26)17(12)25/h3-4,8-9,15-16,19-22,35-36H,2,5-7,10H2,1H3/t15-,16-,19+,20+,21+/m1/s1. The van der Waals surface area contributed by atoms with Gasteiger partial charge in [-0.25, -0.2) is 31.3 Å². The molecule has 2 fully saturated rings. The van der Waals surface area contributed by atoms with Crippen LogP contribution in [0.15, 0.2) is 24.5 Å². The van der Waals surface area contributed by atoms with Crippen molar-refractivity contribution in [2.75, 3.05) is 13.7 Å². The highest BCUT2D eigenvalue weighted by Crippen LogP contribution is 2.43. The summed E-state index contributed by atoms with van der Waals surface area (Å²) >= 11 is 0. The molecule has 0 radical (unpaired) electrons. The molecular formula is C23H25F5N6O4. The smallest absolute Gasteiger partial charge is 0.263 e. The third-order valence-corrected chi connectivity index (χ3v) is 7.40. The summed E-state index contributed by atoms with van der Waals surface area (Å²) in [6.07, 6.45) is -2.92. The number of rotatable bonds is 8. The Morgan fingerprint density at radius 1 is 1.11 bits per heavy atom. The van der Waals surface area contributed by atoms with E-state index in [1.807, 2.05) is 0 Å². The van der Waals surface area contributed by atoms with Crippen LogP contribution in [0.2, 0.25) is 0 Å². The molecule has 2 N–H and O–H groups in total. The largest absolute Gasteiger partial charge is 0.394 e. The Hall–Kier alpha value is -3.01. The van der Waals surface area contributed by atoms with Crippen LogP contribution in [-0.2, 0) is 21.4 Å². The Kier molecular flexibility index (Phi) is 7.19. The molecule has 15 heteroatoms. The number of halogens is 5. The molecule has 1 saturated heterocycles. The van der Waals surface area contributed by atoms with Crippen molar-refractivity contribution in [2.45, 2.75) is 68.1 Å². The van der Waals surface area contributed by atoms with Gasteiger partial charge in [0.2, 0.25) is 0 Å². The van der Waals surface area contributed by atoms with Gasteiger partial charge >= 0.3 is 0 Å². The molecule has 1 saturated carbocycles. The van der Waals surface area contributed by atoms with E-state index < -0.39 is 66.5 Å². The van der Waals surface area contributed by atoms with Crippen molar-refractivity contribution in [1.82, 2.24) is 30.0 Å². The zero-order valence-electron chi connectivity index (χ0n) is 20.1. The molecule has 5 atom stereocenters. The lowest BCUT2D eigenvalue weighted by atomic mass is 9.77. The normalized spacial score (nSPS) is 27.0. The minimum atomic E-state index is -2.61. The molecule has 5 rings (SSSR count). The Bertz CT molecular complexity index is 1280. The van der Waals surface area contributed by atoms with Crippen molar-refractivity contribution >= 4 is 0 Å². The van der Waals surface area contributed by atoms with Gasteiger partial charge in [-0.1, -0.05) is 10.4 Å². The van der Waals surface area contributed by atoms with Gasteiger partial charge in [-0.15, -0.1) is 10.2 Å². The van der Waals surface area contributed by atoms with Crippen molar-refractivity contribution in [3.8, 4) is 11.3 Å². The quantitative estimate of drug-likeness (QED) is 0.327. The van der Waals surface area contributed by atoms with Crippen molar-refractivity contribution in [3.63, 3.8) is 0 Å². The predicted molar refractivity (Wildman–Crippen MR) is 118 cm³/mol. The zero-order valence-corrected chi connectivity index (χ0v) is 20.1. The van der Waals surface area contributed by atoms with Gasteiger partial charge in [0.05, 0.1) is 24.6 Å². The number of benzene rings is 1. The molecule has 0 bridgehead atoms. The molecule has 0 unspecified atom stereocenters. The van der Waals surface area contributed by atoms with Gasteiger partial charge in [-0.05, 0) is 31.4 Å². The third kappa shape index (κ3) is 4.36. The maximum Gasteiger partial charge on any atom is 0.263 e. The van der Waals surface area contributed by atoms with Crippen LogP contribution < -0.4 is 0 Å². The van der Waals surface area contributed by atoms with Crippen LogP contribution in [0.5, 0.6) is 0 Å². The number of hydrogen-bond acceptors (Lipinski definition) is 8. The minimum Gasteiger partial charge on any atom is -0.394 e. The first-order valence-electron chi connectivity index (χ1n) is 11.9. The molecule has 206 valence electrons. The molecule has 38 heavy (non-hydrogen) atoms. The molecule has 1 aliphatic heterocycles. The highest BCUT2D eigenvalue weighted by Gasteiger charge is 2.50. The van der Waals surface area contributed by atoms with Crippen LogP contribution in [-0.4, -0.2) is 84.8 Å². The zero-order chi connectivity index (χ0) is 27.2. The van der Waals surface area contributed by atoms with E-state index in [2.05, 4.69) is 20.6 Å². The Balaban J connectivity index is 1.43. The summed E-state index contributed by atoms with van der Waals surface area (Å²) in [7, 11) is 1.35. The SMILES string of the molecule is CO[C@@H]1[C@@H](n2cc(-c3ccc(F)c(F)c3F)nn2)[C@@H](O)[C@@H](CO)O[C@@H]1Cc1cn(C2(C(F)F)CCC2)nn1. The van der Waals surface area contributed by atoms with E-state index >= 15 is 0 Å². The summed E-state index contributed by atoms with van der Waals surface area (Å²) in [4.78, 5) is 0. The summed E-state index contributed by atoms with van der Waals surface area (Å²) in [5.74, 6) is -4.47. The second kappa shape index (κ2) is 10.3. The molecule has 3 aromatic rings. The molecular weight excluding hydrogens is 519 g/mol. The maximum absolute atomic E-state index is 14.3. The van der Waals surface area contributed by atoms with E-state index in [1.165, 1.54) is 28.9 Å². The fraction of sp³-hybridized carbons (Fsp3) is 0.565. The van der Waals surface area contributed by atoms with Crippen molar-refractivity contribution in [3.05, 3.63) is 47.7 Å². The van der Waals surface area contributed by atoms with Gasteiger partial charge in [0.1, 0.15) is 35.6 Å². The molecule has 10 nitrogen and oxygen atoms in total. The molecule has 1 aromatic carbocycles. The van der Waals surface area contributed by atoms with E-state index in [-0.39, 0.29) is 30.5 Å². The lowest BCUT2D eigenvalue weighted by Crippen LogP contribution is -2.57. The van der Waals surface area contributed by atoms with Crippen molar-refractivity contribution in [2.24, 2.45) is 0 Å². The van der Waals surface area contributed by atoms with Crippen molar-refractivity contribution in [1.29, 1.82) is 0 Å². The Morgan fingerprint density at radius 2 is 1.87 bits per heavy atom. The van der Waals surface area contributed by atoms with Crippen LogP contribution in [0.4, 0.5) is 22.0 Å². The van der Waals surface area contributed by atoms with Crippen LogP contribution in [0.3, 0.4) is 0 Å².